The molecule has 3 heterocycles. The molecule has 1 saturated carbocycles. The van der Waals surface area contributed by atoms with Crippen LogP contribution < -0.4 is 9.64 Å². The fourth-order valence-corrected chi connectivity index (χ4v) is 6.04. The van der Waals surface area contributed by atoms with E-state index in [9.17, 15) is 10.2 Å². The Morgan fingerprint density at radius 3 is 2.83 bits per heavy atom. The molecule has 24 heavy (non-hydrogen) atoms. The first-order chi connectivity index (χ1) is 11.6. The van der Waals surface area contributed by atoms with Crippen LogP contribution in [0.15, 0.2) is 30.4 Å². The van der Waals surface area contributed by atoms with Crippen LogP contribution in [0.2, 0.25) is 0 Å². The first-order valence-electron chi connectivity index (χ1n) is 8.78. The van der Waals surface area contributed by atoms with Gasteiger partial charge in [0, 0.05) is 42.7 Å². The average molecular weight is 328 g/mol. The molecule has 5 nitrogen and oxygen atoms in total. The van der Waals surface area contributed by atoms with Crippen molar-refractivity contribution < 1.29 is 14.9 Å². The minimum atomic E-state index is -0.752. The summed E-state index contributed by atoms with van der Waals surface area (Å²) in [6.45, 7) is 1.95. The van der Waals surface area contributed by atoms with Gasteiger partial charge in [0.1, 0.15) is 11.9 Å². The van der Waals surface area contributed by atoms with Crippen LogP contribution in [0.5, 0.6) is 5.75 Å². The van der Waals surface area contributed by atoms with Crippen molar-refractivity contribution in [3.05, 3.63) is 35.9 Å². The normalized spacial score (nSPS) is 42.7. The number of nitrogens with zero attached hydrogens (tertiary/aromatic N) is 2. The number of aliphatic hydroxyl groups is 2. The van der Waals surface area contributed by atoms with Gasteiger partial charge in [0.15, 0.2) is 0 Å². The van der Waals surface area contributed by atoms with E-state index in [-0.39, 0.29) is 23.4 Å². The van der Waals surface area contributed by atoms with E-state index in [1.165, 1.54) is 5.56 Å². The maximum absolute atomic E-state index is 11.0. The standard InChI is InChI=1S/C19H24N2O3/c1-20-14-10-11(24-2)5-6-13(14)19-7-9-21-8-3-4-12(17(19)21)15(22)16(23)18(19)20/h3-6,10,12,15-18,22-23H,7-9H2,1-2H3. The van der Waals surface area contributed by atoms with Crippen molar-refractivity contribution in [3.8, 4) is 5.75 Å². The van der Waals surface area contributed by atoms with Gasteiger partial charge in [-0.2, -0.15) is 0 Å². The average Bonchev–Trinajstić information content (AvgIpc) is 3.11. The summed E-state index contributed by atoms with van der Waals surface area (Å²) >= 11 is 0. The van der Waals surface area contributed by atoms with Gasteiger partial charge in [0.2, 0.25) is 0 Å². The Morgan fingerprint density at radius 1 is 1.21 bits per heavy atom. The fourth-order valence-electron chi connectivity index (χ4n) is 6.04. The smallest absolute Gasteiger partial charge is 0.120 e. The Hall–Kier alpha value is -1.56. The summed E-state index contributed by atoms with van der Waals surface area (Å²) in [5.74, 6) is 0.828. The molecule has 6 atom stereocenters. The summed E-state index contributed by atoms with van der Waals surface area (Å²) in [5, 5.41) is 21.8. The van der Waals surface area contributed by atoms with Gasteiger partial charge in [-0.3, -0.25) is 4.90 Å². The number of likely N-dealkylation sites (N-methyl/N-ethyl adjacent to an activating group) is 1. The highest BCUT2D eigenvalue weighted by molar-refractivity contribution is 5.69. The number of benzene rings is 1. The van der Waals surface area contributed by atoms with E-state index in [1.807, 2.05) is 13.1 Å². The Labute approximate surface area is 142 Å². The molecule has 2 fully saturated rings. The molecule has 1 spiro atoms. The zero-order chi connectivity index (χ0) is 16.6. The van der Waals surface area contributed by atoms with Crippen LogP contribution in [-0.2, 0) is 5.41 Å². The van der Waals surface area contributed by atoms with Gasteiger partial charge in [-0.25, -0.2) is 0 Å². The lowest BCUT2D eigenvalue weighted by molar-refractivity contribution is -0.0912. The molecule has 4 aliphatic rings. The third-order valence-electron chi connectivity index (χ3n) is 6.90. The topological polar surface area (TPSA) is 56.2 Å². The molecule has 0 aromatic heterocycles. The van der Waals surface area contributed by atoms with E-state index >= 15 is 0 Å². The molecule has 1 aromatic rings. The van der Waals surface area contributed by atoms with Crippen molar-refractivity contribution in [2.75, 3.05) is 32.1 Å². The number of fused-ring (bicyclic) bond motifs is 1. The number of hydrogen-bond donors (Lipinski definition) is 2. The molecule has 0 amide bonds. The van der Waals surface area contributed by atoms with E-state index < -0.39 is 12.2 Å². The largest absolute Gasteiger partial charge is 0.497 e. The minimum Gasteiger partial charge on any atom is -0.497 e. The molecule has 5 rings (SSSR count). The summed E-state index contributed by atoms with van der Waals surface area (Å²) in [7, 11) is 3.72. The highest BCUT2D eigenvalue weighted by atomic mass is 16.5. The molecule has 2 N–H and O–H groups in total. The van der Waals surface area contributed by atoms with Crippen LogP contribution in [0, 0.1) is 5.92 Å². The molecule has 0 bridgehead atoms. The van der Waals surface area contributed by atoms with Crippen molar-refractivity contribution in [1.82, 2.24) is 4.90 Å². The van der Waals surface area contributed by atoms with Crippen molar-refractivity contribution in [1.29, 1.82) is 0 Å². The van der Waals surface area contributed by atoms with Crippen molar-refractivity contribution >= 4 is 5.69 Å². The van der Waals surface area contributed by atoms with E-state index in [0.717, 1.165) is 30.9 Å². The molecule has 0 radical (unpaired) electrons. The number of ether oxygens (including phenoxy) is 1. The summed E-state index contributed by atoms with van der Waals surface area (Å²) in [6.07, 6.45) is 3.82. The first-order valence-corrected chi connectivity index (χ1v) is 8.78. The maximum atomic E-state index is 11.0. The second-order valence-electron chi connectivity index (χ2n) is 7.66. The van der Waals surface area contributed by atoms with E-state index in [4.69, 9.17) is 4.74 Å². The SMILES string of the molecule is COc1ccc2c(c1)N(C)C1C(O)C(O)C3C=CCN4CCC21C34. The number of aliphatic hydroxyl groups excluding tert-OH is 2. The predicted octanol–water partition coefficient (Wildman–Crippen LogP) is 0.747. The highest BCUT2D eigenvalue weighted by Crippen LogP contribution is 2.60. The van der Waals surface area contributed by atoms with Gasteiger partial charge >= 0.3 is 0 Å². The van der Waals surface area contributed by atoms with Crippen LogP contribution in [0.4, 0.5) is 5.69 Å². The monoisotopic (exact) mass is 328 g/mol. The van der Waals surface area contributed by atoms with E-state index in [0.29, 0.717) is 0 Å². The van der Waals surface area contributed by atoms with Gasteiger partial charge in [-0.1, -0.05) is 18.2 Å². The lowest BCUT2D eigenvalue weighted by Crippen LogP contribution is -2.69. The van der Waals surface area contributed by atoms with Crippen LogP contribution in [0.3, 0.4) is 0 Å². The van der Waals surface area contributed by atoms with Crippen LogP contribution in [0.1, 0.15) is 12.0 Å². The van der Waals surface area contributed by atoms with Crippen LogP contribution in [0.25, 0.3) is 0 Å². The van der Waals surface area contributed by atoms with Gasteiger partial charge in [-0.15, -0.1) is 0 Å². The number of methoxy groups -OCH3 is 1. The molecule has 1 aromatic carbocycles. The maximum Gasteiger partial charge on any atom is 0.120 e. The second kappa shape index (κ2) is 4.75. The molecular weight excluding hydrogens is 304 g/mol. The Kier molecular flexibility index (Phi) is 2.92. The van der Waals surface area contributed by atoms with Gasteiger partial charge < -0.3 is 19.8 Å². The zero-order valence-electron chi connectivity index (χ0n) is 14.1. The molecule has 6 unspecified atom stereocenters. The Balaban J connectivity index is 1.75. The molecule has 1 aliphatic carbocycles. The third-order valence-corrected chi connectivity index (χ3v) is 6.90. The Bertz CT molecular complexity index is 721. The predicted molar refractivity (Wildman–Crippen MR) is 91.5 cm³/mol. The van der Waals surface area contributed by atoms with Crippen molar-refractivity contribution in [2.45, 2.75) is 36.1 Å². The number of anilines is 1. The second-order valence-corrected chi connectivity index (χ2v) is 7.66. The fraction of sp³-hybridized carbons (Fsp3) is 0.579. The van der Waals surface area contributed by atoms with Crippen LogP contribution in [-0.4, -0.2) is 66.7 Å². The summed E-state index contributed by atoms with van der Waals surface area (Å²) in [5.41, 5.74) is 2.31. The number of rotatable bonds is 1. The quantitative estimate of drug-likeness (QED) is 0.745. The van der Waals surface area contributed by atoms with Gasteiger partial charge in [-0.05, 0) is 24.6 Å². The first kappa shape index (κ1) is 14.8. The lowest BCUT2D eigenvalue weighted by atomic mass is 9.58. The van der Waals surface area contributed by atoms with E-state index in [2.05, 4.69) is 34.1 Å². The number of hydrogen-bond acceptors (Lipinski definition) is 5. The minimum absolute atomic E-state index is 0.00560. The highest BCUT2D eigenvalue weighted by Gasteiger charge is 2.67. The molecular formula is C19H24N2O3. The Morgan fingerprint density at radius 2 is 2.04 bits per heavy atom. The van der Waals surface area contributed by atoms with Gasteiger partial charge in [0.25, 0.3) is 0 Å². The lowest BCUT2D eigenvalue weighted by Gasteiger charge is -2.54. The summed E-state index contributed by atoms with van der Waals surface area (Å²) in [6, 6.07) is 6.43. The molecule has 3 aliphatic heterocycles. The van der Waals surface area contributed by atoms with Crippen molar-refractivity contribution in [2.24, 2.45) is 5.92 Å². The summed E-state index contributed by atoms with van der Waals surface area (Å²) in [4.78, 5) is 4.66. The van der Waals surface area contributed by atoms with Crippen LogP contribution >= 0.6 is 0 Å². The summed E-state index contributed by atoms with van der Waals surface area (Å²) < 4.78 is 5.41. The van der Waals surface area contributed by atoms with Gasteiger partial charge in [0.05, 0.1) is 19.3 Å². The third kappa shape index (κ3) is 1.51. The molecule has 128 valence electrons. The molecule has 1 saturated heterocycles. The zero-order valence-corrected chi connectivity index (χ0v) is 14.1. The molecule has 5 heteroatoms. The van der Waals surface area contributed by atoms with Crippen molar-refractivity contribution in [3.63, 3.8) is 0 Å². The van der Waals surface area contributed by atoms with E-state index in [1.54, 1.807) is 7.11 Å².